The van der Waals surface area contributed by atoms with Gasteiger partial charge in [0.2, 0.25) is 0 Å². The Morgan fingerprint density at radius 3 is 2.19 bits per heavy atom. The molecule has 1 rings (SSSR count). The summed E-state index contributed by atoms with van der Waals surface area (Å²) >= 11 is 0. The van der Waals surface area contributed by atoms with Gasteiger partial charge >= 0.3 is 5.97 Å². The zero-order valence-corrected chi connectivity index (χ0v) is 10.7. The standard InChI is InChI=1S/C13H24O3/c1-8(2)13(16,12(14)15)11-6-5-9(3)10(4)7-11/h8-11,16H,5-7H2,1-4H3,(H,14,15). The maximum Gasteiger partial charge on any atom is 0.336 e. The number of aliphatic hydroxyl groups is 1. The molecule has 2 N–H and O–H groups in total. The third-order valence-corrected chi connectivity index (χ3v) is 4.44. The summed E-state index contributed by atoms with van der Waals surface area (Å²) in [5.41, 5.74) is -1.55. The third kappa shape index (κ3) is 2.24. The molecular formula is C13H24O3. The molecular weight excluding hydrogens is 204 g/mol. The van der Waals surface area contributed by atoms with E-state index in [0.29, 0.717) is 11.8 Å². The summed E-state index contributed by atoms with van der Waals surface area (Å²) in [4.78, 5) is 11.3. The Bertz CT molecular complexity index is 262. The van der Waals surface area contributed by atoms with Crippen molar-refractivity contribution >= 4 is 5.97 Å². The summed E-state index contributed by atoms with van der Waals surface area (Å²) in [7, 11) is 0. The van der Waals surface area contributed by atoms with Crippen LogP contribution in [-0.4, -0.2) is 21.8 Å². The van der Waals surface area contributed by atoms with E-state index >= 15 is 0 Å². The molecule has 4 unspecified atom stereocenters. The van der Waals surface area contributed by atoms with Crippen LogP contribution in [-0.2, 0) is 4.79 Å². The predicted octanol–water partition coefficient (Wildman–Crippen LogP) is 2.53. The normalized spacial score (nSPS) is 34.8. The van der Waals surface area contributed by atoms with Crippen LogP contribution in [0, 0.1) is 23.7 Å². The molecule has 16 heavy (non-hydrogen) atoms. The van der Waals surface area contributed by atoms with Crippen LogP contribution in [0.4, 0.5) is 0 Å². The quantitative estimate of drug-likeness (QED) is 0.780. The summed E-state index contributed by atoms with van der Waals surface area (Å²) in [6.45, 7) is 7.93. The first kappa shape index (κ1) is 13.5. The van der Waals surface area contributed by atoms with E-state index in [-0.39, 0.29) is 11.8 Å². The lowest BCUT2D eigenvalue weighted by Gasteiger charge is -2.41. The van der Waals surface area contributed by atoms with Gasteiger partial charge in [0.15, 0.2) is 5.60 Å². The smallest absolute Gasteiger partial charge is 0.336 e. The van der Waals surface area contributed by atoms with Gasteiger partial charge < -0.3 is 10.2 Å². The van der Waals surface area contributed by atoms with Crippen LogP contribution >= 0.6 is 0 Å². The second kappa shape index (κ2) is 4.74. The van der Waals surface area contributed by atoms with Crippen molar-refractivity contribution in [1.82, 2.24) is 0 Å². The maximum atomic E-state index is 11.3. The van der Waals surface area contributed by atoms with Gasteiger partial charge in [0.05, 0.1) is 0 Å². The molecule has 0 aromatic rings. The average Bonchev–Trinajstić information content (AvgIpc) is 2.20. The van der Waals surface area contributed by atoms with Crippen LogP contribution in [0.25, 0.3) is 0 Å². The molecule has 0 saturated heterocycles. The summed E-state index contributed by atoms with van der Waals surface area (Å²) in [6.07, 6.45) is 2.67. The summed E-state index contributed by atoms with van der Waals surface area (Å²) < 4.78 is 0. The molecule has 0 aromatic carbocycles. The van der Waals surface area contributed by atoms with E-state index in [0.717, 1.165) is 19.3 Å². The number of carbonyl (C=O) groups is 1. The van der Waals surface area contributed by atoms with E-state index < -0.39 is 11.6 Å². The monoisotopic (exact) mass is 228 g/mol. The van der Waals surface area contributed by atoms with Crippen LogP contribution in [0.2, 0.25) is 0 Å². The minimum absolute atomic E-state index is 0.101. The molecule has 0 spiro atoms. The van der Waals surface area contributed by atoms with Crippen molar-refractivity contribution in [2.75, 3.05) is 0 Å². The fraction of sp³-hybridized carbons (Fsp3) is 0.923. The van der Waals surface area contributed by atoms with Crippen LogP contribution in [0.15, 0.2) is 0 Å². The van der Waals surface area contributed by atoms with Crippen molar-refractivity contribution in [3.8, 4) is 0 Å². The van der Waals surface area contributed by atoms with E-state index in [1.807, 2.05) is 0 Å². The van der Waals surface area contributed by atoms with E-state index in [9.17, 15) is 15.0 Å². The van der Waals surface area contributed by atoms with E-state index in [1.54, 1.807) is 13.8 Å². The lowest BCUT2D eigenvalue weighted by atomic mass is 9.66. The van der Waals surface area contributed by atoms with Gasteiger partial charge in [-0.2, -0.15) is 0 Å². The first-order valence-corrected chi connectivity index (χ1v) is 6.25. The lowest BCUT2D eigenvalue weighted by molar-refractivity contribution is -0.175. The second-order valence-corrected chi connectivity index (χ2v) is 5.75. The molecule has 0 aromatic heterocycles. The molecule has 0 radical (unpaired) electrons. The molecule has 3 heteroatoms. The highest BCUT2D eigenvalue weighted by atomic mass is 16.4. The van der Waals surface area contributed by atoms with Crippen molar-refractivity contribution in [2.24, 2.45) is 23.7 Å². The highest BCUT2D eigenvalue weighted by Gasteiger charge is 2.48. The fourth-order valence-electron chi connectivity index (χ4n) is 2.84. The Morgan fingerprint density at radius 2 is 1.81 bits per heavy atom. The lowest BCUT2D eigenvalue weighted by Crippen LogP contribution is -2.52. The van der Waals surface area contributed by atoms with Crippen LogP contribution in [0.3, 0.4) is 0 Å². The molecule has 3 nitrogen and oxygen atoms in total. The maximum absolute atomic E-state index is 11.3. The number of carboxylic acid groups (broad SMARTS) is 1. The Hall–Kier alpha value is -0.570. The number of rotatable bonds is 3. The molecule has 1 saturated carbocycles. The van der Waals surface area contributed by atoms with Gasteiger partial charge in [0, 0.05) is 0 Å². The number of hydrogen-bond acceptors (Lipinski definition) is 2. The van der Waals surface area contributed by atoms with Gasteiger partial charge in [-0.15, -0.1) is 0 Å². The van der Waals surface area contributed by atoms with Crippen LogP contribution in [0.1, 0.15) is 47.0 Å². The molecule has 0 bridgehead atoms. The first-order valence-electron chi connectivity index (χ1n) is 6.25. The van der Waals surface area contributed by atoms with Crippen molar-refractivity contribution in [3.63, 3.8) is 0 Å². The Labute approximate surface area is 97.9 Å². The van der Waals surface area contributed by atoms with Crippen molar-refractivity contribution in [3.05, 3.63) is 0 Å². The van der Waals surface area contributed by atoms with Crippen LogP contribution < -0.4 is 0 Å². The van der Waals surface area contributed by atoms with Crippen molar-refractivity contribution in [2.45, 2.75) is 52.6 Å². The fourth-order valence-corrected chi connectivity index (χ4v) is 2.84. The number of aliphatic carboxylic acids is 1. The summed E-state index contributed by atoms with van der Waals surface area (Å²) in [5.74, 6) is -0.258. The van der Waals surface area contributed by atoms with Gasteiger partial charge in [0.1, 0.15) is 0 Å². The number of carboxylic acids is 1. The first-order chi connectivity index (χ1) is 7.30. The average molecular weight is 228 g/mol. The summed E-state index contributed by atoms with van der Waals surface area (Å²) in [5, 5.41) is 19.7. The largest absolute Gasteiger partial charge is 0.479 e. The predicted molar refractivity (Wildman–Crippen MR) is 63.1 cm³/mol. The molecule has 0 aliphatic heterocycles. The zero-order chi connectivity index (χ0) is 12.5. The molecule has 1 aliphatic carbocycles. The molecule has 0 heterocycles. The highest BCUT2D eigenvalue weighted by molar-refractivity contribution is 5.78. The Kier molecular flexibility index (Phi) is 4.00. The molecule has 0 amide bonds. The third-order valence-electron chi connectivity index (χ3n) is 4.44. The van der Waals surface area contributed by atoms with Gasteiger partial charge in [-0.3, -0.25) is 0 Å². The van der Waals surface area contributed by atoms with Crippen LogP contribution in [0.5, 0.6) is 0 Å². The molecule has 94 valence electrons. The Balaban J connectivity index is 2.85. The number of hydrogen-bond donors (Lipinski definition) is 2. The van der Waals surface area contributed by atoms with E-state index in [2.05, 4.69) is 13.8 Å². The van der Waals surface area contributed by atoms with Gasteiger partial charge in [0.25, 0.3) is 0 Å². The highest BCUT2D eigenvalue weighted by Crippen LogP contribution is 2.41. The van der Waals surface area contributed by atoms with Crippen molar-refractivity contribution in [1.29, 1.82) is 0 Å². The topological polar surface area (TPSA) is 57.5 Å². The van der Waals surface area contributed by atoms with Gasteiger partial charge in [-0.1, -0.05) is 34.1 Å². The summed E-state index contributed by atoms with van der Waals surface area (Å²) in [6, 6.07) is 0. The molecule has 4 atom stereocenters. The minimum atomic E-state index is -1.55. The SMILES string of the molecule is CC1CCC(C(O)(C(=O)O)C(C)C)CC1C. The van der Waals surface area contributed by atoms with E-state index in [1.165, 1.54) is 0 Å². The molecule has 1 fully saturated rings. The molecule has 1 aliphatic rings. The Morgan fingerprint density at radius 1 is 1.25 bits per heavy atom. The second-order valence-electron chi connectivity index (χ2n) is 5.75. The van der Waals surface area contributed by atoms with E-state index in [4.69, 9.17) is 0 Å². The van der Waals surface area contributed by atoms with Gasteiger partial charge in [-0.25, -0.2) is 4.79 Å². The minimum Gasteiger partial charge on any atom is -0.479 e. The zero-order valence-electron chi connectivity index (χ0n) is 10.7. The van der Waals surface area contributed by atoms with Gasteiger partial charge in [-0.05, 0) is 36.5 Å². The van der Waals surface area contributed by atoms with Crippen molar-refractivity contribution < 1.29 is 15.0 Å².